The van der Waals surface area contributed by atoms with E-state index in [0.29, 0.717) is 6.54 Å². The van der Waals surface area contributed by atoms with E-state index in [4.69, 9.17) is 0 Å². The summed E-state index contributed by atoms with van der Waals surface area (Å²) in [5.41, 5.74) is 4.07. The average molecular weight is 312 g/mol. The first-order chi connectivity index (χ1) is 11.1. The Morgan fingerprint density at radius 3 is 2.43 bits per heavy atom. The number of hydrogen-bond acceptors (Lipinski definition) is 3. The molecule has 2 aromatic rings. The Morgan fingerprint density at radius 2 is 1.83 bits per heavy atom. The number of hydrogen-bond donors (Lipinski definition) is 2. The molecular weight excluding hydrogens is 288 g/mol. The molecule has 0 fully saturated rings. The molecular formula is C18H24N4O. The highest BCUT2D eigenvalue weighted by atomic mass is 16.2. The number of nitrogens with zero attached hydrogens (tertiary/aromatic N) is 2. The van der Waals surface area contributed by atoms with Crippen molar-refractivity contribution in [3.05, 3.63) is 53.9 Å². The maximum Gasteiger partial charge on any atom is 0.319 e. The minimum atomic E-state index is -0.208. The second-order valence-corrected chi connectivity index (χ2v) is 5.33. The minimum absolute atomic E-state index is 0.208. The molecule has 122 valence electrons. The Labute approximate surface area is 137 Å². The van der Waals surface area contributed by atoms with Gasteiger partial charge in [-0.25, -0.2) is 4.79 Å². The molecule has 0 spiro atoms. The van der Waals surface area contributed by atoms with Crippen molar-refractivity contribution in [2.24, 2.45) is 0 Å². The van der Waals surface area contributed by atoms with Gasteiger partial charge in [0.25, 0.3) is 0 Å². The van der Waals surface area contributed by atoms with E-state index in [1.165, 1.54) is 5.69 Å². The highest BCUT2D eigenvalue weighted by molar-refractivity contribution is 5.90. The van der Waals surface area contributed by atoms with Crippen LogP contribution in [0.15, 0.2) is 42.7 Å². The number of nitrogens with one attached hydrogen (secondary N) is 2. The smallest absolute Gasteiger partial charge is 0.319 e. The van der Waals surface area contributed by atoms with Crippen LogP contribution in [0.5, 0.6) is 0 Å². The van der Waals surface area contributed by atoms with Gasteiger partial charge < -0.3 is 15.5 Å². The predicted molar refractivity (Wildman–Crippen MR) is 94.8 cm³/mol. The van der Waals surface area contributed by atoms with Gasteiger partial charge in [-0.3, -0.25) is 4.98 Å². The molecule has 0 aliphatic rings. The molecule has 0 saturated carbocycles. The lowest BCUT2D eigenvalue weighted by atomic mass is 10.1. The molecule has 0 saturated heterocycles. The lowest BCUT2D eigenvalue weighted by Gasteiger charge is -2.22. The molecule has 1 aromatic heterocycles. The first kappa shape index (κ1) is 16.8. The van der Waals surface area contributed by atoms with Crippen LogP contribution in [-0.4, -0.2) is 24.1 Å². The summed E-state index contributed by atoms with van der Waals surface area (Å²) in [5.74, 6) is 0. The van der Waals surface area contributed by atoms with Gasteiger partial charge in [0.1, 0.15) is 0 Å². The summed E-state index contributed by atoms with van der Waals surface area (Å²) in [4.78, 5) is 18.3. The summed E-state index contributed by atoms with van der Waals surface area (Å²) in [5, 5.41) is 5.74. The molecule has 2 rings (SSSR count). The molecule has 0 aliphatic carbocycles. The summed E-state index contributed by atoms with van der Waals surface area (Å²) in [6, 6.07) is 9.65. The second-order valence-electron chi connectivity index (χ2n) is 5.33. The van der Waals surface area contributed by atoms with E-state index in [9.17, 15) is 4.79 Å². The normalized spacial score (nSPS) is 10.2. The molecule has 5 nitrogen and oxygen atoms in total. The lowest BCUT2D eigenvalue weighted by molar-refractivity contribution is 0.251. The molecule has 0 radical (unpaired) electrons. The topological polar surface area (TPSA) is 57.3 Å². The van der Waals surface area contributed by atoms with E-state index in [0.717, 1.165) is 29.9 Å². The van der Waals surface area contributed by atoms with Crippen molar-refractivity contribution in [2.45, 2.75) is 27.3 Å². The molecule has 0 atom stereocenters. The molecule has 5 heteroatoms. The number of benzene rings is 1. The standard InChI is InChI=1S/C18H24N4O/c1-4-22(5-2)16-6-7-17(14(3)12-16)21-18(23)20-13-15-8-10-19-11-9-15/h6-12H,4-5,13H2,1-3H3,(H2,20,21,23). The number of rotatable bonds is 6. The summed E-state index contributed by atoms with van der Waals surface area (Å²) >= 11 is 0. The van der Waals surface area contributed by atoms with Gasteiger partial charge in [-0.1, -0.05) is 0 Å². The van der Waals surface area contributed by atoms with Crippen molar-refractivity contribution >= 4 is 17.4 Å². The van der Waals surface area contributed by atoms with Crippen molar-refractivity contribution < 1.29 is 4.79 Å². The third kappa shape index (κ3) is 4.71. The highest BCUT2D eigenvalue weighted by Crippen LogP contribution is 2.22. The number of aromatic nitrogens is 1. The van der Waals surface area contributed by atoms with Crippen molar-refractivity contribution in [3.8, 4) is 0 Å². The maximum absolute atomic E-state index is 12.0. The van der Waals surface area contributed by atoms with Crippen LogP contribution in [0, 0.1) is 6.92 Å². The second kappa shape index (κ2) is 8.17. The largest absolute Gasteiger partial charge is 0.372 e. The van der Waals surface area contributed by atoms with Gasteiger partial charge in [0, 0.05) is 43.4 Å². The minimum Gasteiger partial charge on any atom is -0.372 e. The molecule has 2 N–H and O–H groups in total. The molecule has 1 heterocycles. The summed E-state index contributed by atoms with van der Waals surface area (Å²) in [7, 11) is 0. The van der Waals surface area contributed by atoms with Crippen LogP contribution in [0.25, 0.3) is 0 Å². The van der Waals surface area contributed by atoms with Gasteiger partial charge in [0.2, 0.25) is 0 Å². The van der Waals surface area contributed by atoms with Crippen LogP contribution < -0.4 is 15.5 Å². The van der Waals surface area contributed by atoms with Crippen LogP contribution in [0.4, 0.5) is 16.2 Å². The number of pyridine rings is 1. The van der Waals surface area contributed by atoms with Gasteiger partial charge >= 0.3 is 6.03 Å². The Bertz CT molecular complexity index is 639. The van der Waals surface area contributed by atoms with E-state index < -0.39 is 0 Å². The van der Waals surface area contributed by atoms with Crippen molar-refractivity contribution in [1.29, 1.82) is 0 Å². The van der Waals surface area contributed by atoms with E-state index in [2.05, 4.69) is 40.4 Å². The zero-order valence-electron chi connectivity index (χ0n) is 14.0. The van der Waals surface area contributed by atoms with E-state index in [-0.39, 0.29) is 6.03 Å². The van der Waals surface area contributed by atoms with Gasteiger partial charge in [0.05, 0.1) is 0 Å². The van der Waals surface area contributed by atoms with Crippen LogP contribution in [-0.2, 0) is 6.54 Å². The highest BCUT2D eigenvalue weighted by Gasteiger charge is 2.07. The van der Waals surface area contributed by atoms with E-state index in [1.54, 1.807) is 12.4 Å². The number of amides is 2. The molecule has 0 aliphatic heterocycles. The first-order valence-corrected chi connectivity index (χ1v) is 7.93. The molecule has 0 unspecified atom stereocenters. The van der Waals surface area contributed by atoms with Gasteiger partial charge in [0.15, 0.2) is 0 Å². The monoisotopic (exact) mass is 312 g/mol. The van der Waals surface area contributed by atoms with Gasteiger partial charge in [-0.05, 0) is 62.2 Å². The fraction of sp³-hybridized carbons (Fsp3) is 0.333. The summed E-state index contributed by atoms with van der Waals surface area (Å²) < 4.78 is 0. The third-order valence-electron chi connectivity index (χ3n) is 3.79. The summed E-state index contributed by atoms with van der Waals surface area (Å²) in [6.45, 7) is 8.69. The van der Waals surface area contributed by atoms with E-state index in [1.807, 2.05) is 31.2 Å². The lowest BCUT2D eigenvalue weighted by Crippen LogP contribution is -2.28. The van der Waals surface area contributed by atoms with Crippen LogP contribution in [0.1, 0.15) is 25.0 Å². The predicted octanol–water partition coefficient (Wildman–Crippen LogP) is 3.56. The van der Waals surface area contributed by atoms with Crippen molar-refractivity contribution in [3.63, 3.8) is 0 Å². The quantitative estimate of drug-likeness (QED) is 0.857. The van der Waals surface area contributed by atoms with E-state index >= 15 is 0 Å². The zero-order chi connectivity index (χ0) is 16.7. The first-order valence-electron chi connectivity index (χ1n) is 7.93. The average Bonchev–Trinajstić information content (AvgIpc) is 2.57. The Balaban J connectivity index is 1.95. The molecule has 2 amide bonds. The maximum atomic E-state index is 12.0. The number of aryl methyl sites for hydroxylation is 1. The third-order valence-corrected chi connectivity index (χ3v) is 3.79. The zero-order valence-corrected chi connectivity index (χ0v) is 14.0. The van der Waals surface area contributed by atoms with Gasteiger partial charge in [-0.15, -0.1) is 0 Å². The molecule has 0 bridgehead atoms. The Hall–Kier alpha value is -2.56. The van der Waals surface area contributed by atoms with Crippen LogP contribution >= 0.6 is 0 Å². The van der Waals surface area contributed by atoms with Crippen LogP contribution in [0.3, 0.4) is 0 Å². The number of carbonyl (C=O) groups excluding carboxylic acids is 1. The van der Waals surface area contributed by atoms with Crippen molar-refractivity contribution in [2.75, 3.05) is 23.3 Å². The summed E-state index contributed by atoms with van der Waals surface area (Å²) in [6.07, 6.45) is 3.43. The molecule has 1 aromatic carbocycles. The van der Waals surface area contributed by atoms with Gasteiger partial charge in [-0.2, -0.15) is 0 Å². The fourth-order valence-corrected chi connectivity index (χ4v) is 2.42. The Morgan fingerprint density at radius 1 is 1.13 bits per heavy atom. The number of carbonyl (C=O) groups is 1. The number of urea groups is 1. The fourth-order valence-electron chi connectivity index (χ4n) is 2.42. The van der Waals surface area contributed by atoms with Crippen molar-refractivity contribution in [1.82, 2.24) is 10.3 Å². The molecule has 23 heavy (non-hydrogen) atoms. The number of anilines is 2. The SMILES string of the molecule is CCN(CC)c1ccc(NC(=O)NCc2ccncc2)c(C)c1. The Kier molecular flexibility index (Phi) is 5.97. The van der Waals surface area contributed by atoms with Crippen LogP contribution in [0.2, 0.25) is 0 Å².